The molecule has 11 heteroatoms. The van der Waals surface area contributed by atoms with E-state index >= 15 is 0 Å². The highest BCUT2D eigenvalue weighted by atomic mass is 79.9. The van der Waals surface area contributed by atoms with Gasteiger partial charge in [-0.05, 0) is 56.1 Å². The van der Waals surface area contributed by atoms with E-state index < -0.39 is 10.8 Å². The summed E-state index contributed by atoms with van der Waals surface area (Å²) >= 11 is 10.0. The first-order valence-corrected chi connectivity index (χ1v) is 9.61. The van der Waals surface area contributed by atoms with Gasteiger partial charge in [-0.15, -0.1) is 0 Å². The highest BCUT2D eigenvalue weighted by Gasteiger charge is 2.14. The first-order valence-electron chi connectivity index (χ1n) is 7.23. The molecule has 8 nitrogen and oxygen atoms in total. The van der Waals surface area contributed by atoms with E-state index in [1.807, 2.05) is 0 Å². The molecule has 0 aliphatic rings. The number of ether oxygens (including phenoxy) is 2. The van der Waals surface area contributed by atoms with Crippen molar-refractivity contribution in [1.29, 1.82) is 0 Å². The van der Waals surface area contributed by atoms with Crippen LogP contribution in [0.1, 0.15) is 5.56 Å². The molecule has 1 N–H and O–H groups in total. The molecular formula is C16H12Br3N3O5. The number of carbonyl (C=O) groups excluding carboxylic acids is 1. The second-order valence-corrected chi connectivity index (χ2v) is 7.59. The number of benzene rings is 2. The second kappa shape index (κ2) is 9.81. The summed E-state index contributed by atoms with van der Waals surface area (Å²) < 4.78 is 12.6. The molecule has 2 rings (SSSR count). The first-order chi connectivity index (χ1) is 12.8. The van der Waals surface area contributed by atoms with Crippen molar-refractivity contribution in [1.82, 2.24) is 5.43 Å². The van der Waals surface area contributed by atoms with Crippen LogP contribution in [-0.2, 0) is 4.79 Å². The monoisotopic (exact) mass is 563 g/mol. The topological polar surface area (TPSA) is 103 Å². The van der Waals surface area contributed by atoms with Gasteiger partial charge in [0.05, 0.1) is 27.2 Å². The fourth-order valence-electron chi connectivity index (χ4n) is 1.95. The van der Waals surface area contributed by atoms with E-state index in [-0.39, 0.29) is 18.0 Å². The third kappa shape index (κ3) is 6.01. The van der Waals surface area contributed by atoms with Gasteiger partial charge in [0.1, 0.15) is 5.75 Å². The van der Waals surface area contributed by atoms with Crippen LogP contribution >= 0.6 is 47.8 Å². The lowest BCUT2D eigenvalue weighted by atomic mass is 10.2. The van der Waals surface area contributed by atoms with Gasteiger partial charge in [0.25, 0.3) is 5.91 Å². The van der Waals surface area contributed by atoms with E-state index in [2.05, 4.69) is 58.3 Å². The van der Waals surface area contributed by atoms with Crippen molar-refractivity contribution in [2.24, 2.45) is 5.10 Å². The summed E-state index contributed by atoms with van der Waals surface area (Å²) in [5, 5.41) is 14.8. The molecule has 0 aliphatic heterocycles. The third-order valence-corrected chi connectivity index (χ3v) is 4.75. The summed E-state index contributed by atoms with van der Waals surface area (Å²) in [6, 6.07) is 7.89. The van der Waals surface area contributed by atoms with E-state index in [4.69, 9.17) is 9.47 Å². The van der Waals surface area contributed by atoms with E-state index in [1.54, 1.807) is 18.2 Å². The molecule has 0 heterocycles. The Morgan fingerprint density at radius 2 is 1.93 bits per heavy atom. The zero-order valence-corrected chi connectivity index (χ0v) is 18.5. The Balaban J connectivity index is 1.96. The summed E-state index contributed by atoms with van der Waals surface area (Å²) in [6.45, 7) is -0.265. The molecule has 2 aromatic rings. The maximum absolute atomic E-state index is 11.9. The number of halogens is 3. The number of hydrazone groups is 1. The Hall–Kier alpha value is -1.98. The van der Waals surface area contributed by atoms with Gasteiger partial charge in [0.2, 0.25) is 0 Å². The summed E-state index contributed by atoms with van der Waals surface area (Å²) in [6.07, 6.45) is 1.29. The quantitative estimate of drug-likeness (QED) is 0.304. The summed E-state index contributed by atoms with van der Waals surface area (Å²) in [7, 11) is 1.35. The highest BCUT2D eigenvalue weighted by Crippen LogP contribution is 2.36. The average Bonchev–Trinajstić information content (AvgIpc) is 2.60. The molecule has 0 fully saturated rings. The number of hydrogen-bond donors (Lipinski definition) is 1. The van der Waals surface area contributed by atoms with E-state index in [0.29, 0.717) is 20.3 Å². The zero-order chi connectivity index (χ0) is 20.0. The van der Waals surface area contributed by atoms with Crippen molar-refractivity contribution >= 4 is 65.6 Å². The lowest BCUT2D eigenvalue weighted by molar-refractivity contribution is -0.385. The lowest BCUT2D eigenvalue weighted by Gasteiger charge is -2.09. The minimum Gasteiger partial charge on any atom is -0.490 e. The molecule has 0 atom stereocenters. The zero-order valence-electron chi connectivity index (χ0n) is 13.7. The molecule has 0 saturated carbocycles. The van der Waals surface area contributed by atoms with Gasteiger partial charge >= 0.3 is 5.69 Å². The fraction of sp³-hybridized carbons (Fsp3) is 0.125. The number of nitro groups is 1. The number of nitro benzene ring substituents is 1. The van der Waals surface area contributed by atoms with Crippen molar-refractivity contribution < 1.29 is 19.2 Å². The molecule has 27 heavy (non-hydrogen) atoms. The van der Waals surface area contributed by atoms with Gasteiger partial charge in [0.15, 0.2) is 12.4 Å². The minimum absolute atomic E-state index is 0.139. The minimum atomic E-state index is -0.559. The van der Waals surface area contributed by atoms with Crippen LogP contribution in [0.3, 0.4) is 0 Å². The van der Waals surface area contributed by atoms with E-state index in [9.17, 15) is 14.9 Å². The molecular weight excluding hydrogens is 554 g/mol. The number of nitrogens with one attached hydrogen (secondary N) is 1. The predicted molar refractivity (Wildman–Crippen MR) is 110 cm³/mol. The maximum Gasteiger partial charge on any atom is 0.311 e. The maximum atomic E-state index is 11.9. The van der Waals surface area contributed by atoms with Crippen LogP contribution in [0.15, 0.2) is 48.9 Å². The molecule has 0 saturated heterocycles. The van der Waals surface area contributed by atoms with Gasteiger partial charge in [0, 0.05) is 16.1 Å². The number of carbonyl (C=O) groups is 1. The Morgan fingerprint density at radius 1 is 1.26 bits per heavy atom. The van der Waals surface area contributed by atoms with Crippen LogP contribution < -0.4 is 14.9 Å². The number of nitrogens with zero attached hydrogens (tertiary/aromatic N) is 2. The molecule has 142 valence electrons. The van der Waals surface area contributed by atoms with E-state index in [1.165, 1.54) is 25.5 Å². The normalized spacial score (nSPS) is 10.7. The Labute approximate surface area is 179 Å². The Morgan fingerprint density at radius 3 is 2.52 bits per heavy atom. The summed E-state index contributed by atoms with van der Waals surface area (Å²) in [5.41, 5.74) is 2.53. The molecule has 0 aliphatic carbocycles. The number of hydrogen-bond acceptors (Lipinski definition) is 6. The molecule has 0 radical (unpaired) electrons. The molecule has 2 aromatic carbocycles. The van der Waals surface area contributed by atoms with Crippen molar-refractivity contribution in [2.75, 3.05) is 13.7 Å². The van der Waals surface area contributed by atoms with Crippen LogP contribution in [0.4, 0.5) is 5.69 Å². The molecule has 1 amide bonds. The van der Waals surface area contributed by atoms with Crippen molar-refractivity contribution in [2.45, 2.75) is 0 Å². The Kier molecular flexibility index (Phi) is 7.75. The van der Waals surface area contributed by atoms with Crippen LogP contribution in [0.25, 0.3) is 0 Å². The standard InChI is InChI=1S/C16H12Br3N3O5/c1-26-14-3-2-9(4-13(14)22(24)25)7-20-21-15(23)8-27-16-11(18)5-10(17)6-12(16)19/h2-7H,8H2,1H3,(H,21,23). The predicted octanol–water partition coefficient (Wildman–Crippen LogP) is 4.42. The van der Waals surface area contributed by atoms with Gasteiger partial charge in [-0.2, -0.15) is 5.10 Å². The summed E-state index contributed by atoms with van der Waals surface area (Å²) in [4.78, 5) is 22.3. The van der Waals surface area contributed by atoms with Crippen LogP contribution in [0.2, 0.25) is 0 Å². The first kappa shape index (κ1) is 21.3. The van der Waals surface area contributed by atoms with Gasteiger partial charge in [-0.1, -0.05) is 15.9 Å². The van der Waals surface area contributed by atoms with Crippen LogP contribution in [0.5, 0.6) is 11.5 Å². The molecule has 0 unspecified atom stereocenters. The van der Waals surface area contributed by atoms with Gasteiger partial charge in [-0.25, -0.2) is 5.43 Å². The Bertz CT molecular complexity index is 882. The van der Waals surface area contributed by atoms with Gasteiger partial charge < -0.3 is 9.47 Å². The van der Waals surface area contributed by atoms with Crippen LogP contribution in [0, 0.1) is 10.1 Å². The molecule has 0 bridgehead atoms. The molecule has 0 aromatic heterocycles. The third-order valence-electron chi connectivity index (χ3n) is 3.11. The largest absolute Gasteiger partial charge is 0.490 e. The van der Waals surface area contributed by atoms with Crippen molar-refractivity contribution in [3.05, 3.63) is 59.4 Å². The average molecular weight is 566 g/mol. The van der Waals surface area contributed by atoms with Crippen LogP contribution in [-0.4, -0.2) is 30.8 Å². The molecule has 0 spiro atoms. The van der Waals surface area contributed by atoms with Gasteiger partial charge in [-0.3, -0.25) is 14.9 Å². The SMILES string of the molecule is COc1ccc(C=NNC(=O)COc2c(Br)cc(Br)cc2Br)cc1[N+](=O)[O-]. The summed E-state index contributed by atoms with van der Waals surface area (Å²) in [5.74, 6) is 0.124. The number of methoxy groups -OCH3 is 1. The lowest BCUT2D eigenvalue weighted by Crippen LogP contribution is -2.24. The highest BCUT2D eigenvalue weighted by molar-refractivity contribution is 9.11. The van der Waals surface area contributed by atoms with Crippen molar-refractivity contribution in [3.8, 4) is 11.5 Å². The smallest absolute Gasteiger partial charge is 0.311 e. The van der Waals surface area contributed by atoms with E-state index in [0.717, 1.165) is 4.47 Å². The number of amides is 1. The van der Waals surface area contributed by atoms with Crippen molar-refractivity contribution in [3.63, 3.8) is 0 Å². The fourth-order valence-corrected chi connectivity index (χ4v) is 4.43. The number of rotatable bonds is 7. The second-order valence-electron chi connectivity index (χ2n) is 4.97.